The molecule has 42 heavy (non-hydrogen) atoms. The Morgan fingerprint density at radius 1 is 0.905 bits per heavy atom. The van der Waals surface area contributed by atoms with Crippen LogP contribution < -0.4 is 10.6 Å². The third-order valence-corrected chi connectivity index (χ3v) is 8.00. The second kappa shape index (κ2) is 17.3. The van der Waals surface area contributed by atoms with E-state index < -0.39 is 17.5 Å². The van der Waals surface area contributed by atoms with Gasteiger partial charge in [0.15, 0.2) is 0 Å². The van der Waals surface area contributed by atoms with E-state index in [0.29, 0.717) is 32.1 Å². The number of nitrogens with one attached hydrogen (secondary N) is 2. The number of aliphatic hydroxyl groups excluding tert-OH is 1. The molecule has 0 bridgehead atoms. The molecule has 0 radical (unpaired) electrons. The maximum atomic E-state index is 13.5. The van der Waals surface area contributed by atoms with Gasteiger partial charge in [0.05, 0.1) is 30.0 Å². The zero-order chi connectivity index (χ0) is 30.2. The summed E-state index contributed by atoms with van der Waals surface area (Å²) >= 11 is 0. The summed E-state index contributed by atoms with van der Waals surface area (Å²) in [6, 6.07) is 19.1. The topological polar surface area (TPSA) is 105 Å². The molecule has 3 N–H and O–H groups in total. The molecule has 1 aliphatic rings. The maximum Gasteiger partial charge on any atom is 0.309 e. The first kappa shape index (κ1) is 32.8. The number of ether oxygens (including phenoxy) is 1. The molecule has 2 amide bonds. The van der Waals surface area contributed by atoms with Crippen molar-refractivity contribution in [2.24, 2.45) is 11.8 Å². The van der Waals surface area contributed by atoms with Crippen LogP contribution >= 0.6 is 0 Å². The summed E-state index contributed by atoms with van der Waals surface area (Å²) < 4.78 is 5.83. The Labute approximate surface area is 250 Å². The van der Waals surface area contributed by atoms with E-state index in [1.807, 2.05) is 60.7 Å². The van der Waals surface area contributed by atoms with Crippen molar-refractivity contribution in [2.75, 3.05) is 13.2 Å². The lowest BCUT2D eigenvalue weighted by Crippen LogP contribution is -2.50. The number of aliphatic hydroxyl groups is 1. The van der Waals surface area contributed by atoms with Gasteiger partial charge in [-0.15, -0.1) is 13.2 Å². The first-order valence-electron chi connectivity index (χ1n) is 15.1. The van der Waals surface area contributed by atoms with Gasteiger partial charge in [0.1, 0.15) is 6.61 Å². The van der Waals surface area contributed by atoms with Crippen molar-refractivity contribution < 1.29 is 24.2 Å². The summed E-state index contributed by atoms with van der Waals surface area (Å²) in [6.45, 7) is 7.48. The predicted molar refractivity (Wildman–Crippen MR) is 165 cm³/mol. The first-order chi connectivity index (χ1) is 20.4. The Balaban J connectivity index is 1.67. The second-order valence-electron chi connectivity index (χ2n) is 11.4. The lowest BCUT2D eigenvalue weighted by atomic mass is 9.94. The van der Waals surface area contributed by atoms with Gasteiger partial charge in [0.2, 0.25) is 11.8 Å². The van der Waals surface area contributed by atoms with Crippen molar-refractivity contribution in [1.82, 2.24) is 10.6 Å². The number of rotatable bonds is 18. The normalized spacial score (nSPS) is 16.0. The molecule has 2 aromatic rings. The zero-order valence-corrected chi connectivity index (χ0v) is 24.6. The van der Waals surface area contributed by atoms with E-state index in [2.05, 4.69) is 23.8 Å². The molecule has 0 unspecified atom stereocenters. The molecule has 7 heteroatoms. The van der Waals surface area contributed by atoms with E-state index >= 15 is 0 Å². The summed E-state index contributed by atoms with van der Waals surface area (Å²) in [5.74, 6) is -1.82. The minimum atomic E-state index is -0.632. The fourth-order valence-corrected chi connectivity index (χ4v) is 5.62. The highest BCUT2D eigenvalue weighted by molar-refractivity contribution is 5.86. The summed E-state index contributed by atoms with van der Waals surface area (Å²) in [5, 5.41) is 15.9. The van der Waals surface area contributed by atoms with Gasteiger partial charge in [-0.2, -0.15) is 0 Å². The van der Waals surface area contributed by atoms with Gasteiger partial charge >= 0.3 is 5.97 Å². The number of amides is 2. The first-order valence-corrected chi connectivity index (χ1v) is 15.1. The van der Waals surface area contributed by atoms with Crippen LogP contribution in [0.15, 0.2) is 86.0 Å². The Bertz CT molecular complexity index is 1140. The number of benzene rings is 2. The summed E-state index contributed by atoms with van der Waals surface area (Å²) in [4.78, 5) is 39.7. The van der Waals surface area contributed by atoms with E-state index in [4.69, 9.17) is 4.74 Å². The Morgan fingerprint density at radius 2 is 1.52 bits per heavy atom. The van der Waals surface area contributed by atoms with Crippen molar-refractivity contribution in [3.8, 4) is 0 Å². The number of hydrogen-bond donors (Lipinski definition) is 3. The van der Waals surface area contributed by atoms with Gasteiger partial charge in [-0.05, 0) is 56.1 Å². The lowest BCUT2D eigenvalue weighted by molar-refractivity contribution is -0.150. The molecular formula is C35H46N2O5. The van der Waals surface area contributed by atoms with Crippen LogP contribution in [0.1, 0.15) is 62.5 Å². The third-order valence-electron chi connectivity index (χ3n) is 8.00. The molecule has 0 saturated heterocycles. The Hall–Kier alpha value is -3.71. The summed E-state index contributed by atoms with van der Waals surface area (Å²) in [5.41, 5.74) is 1.46. The SMILES string of the molecule is C=CCC[C@H](Cc1ccccc1)C(=O)OC[C@@H](Cc1ccccc1)NC(=O)[C@H](CC=C)CC(=O)NC1(CO)CCCC1. The van der Waals surface area contributed by atoms with E-state index in [1.165, 1.54) is 0 Å². The highest BCUT2D eigenvalue weighted by Crippen LogP contribution is 2.29. The molecular weight excluding hydrogens is 528 g/mol. The smallest absolute Gasteiger partial charge is 0.309 e. The van der Waals surface area contributed by atoms with Gasteiger partial charge in [-0.3, -0.25) is 14.4 Å². The van der Waals surface area contributed by atoms with Gasteiger partial charge in [0, 0.05) is 6.42 Å². The number of carbonyl (C=O) groups excluding carboxylic acids is 3. The third kappa shape index (κ3) is 10.6. The number of allylic oxidation sites excluding steroid dienone is 2. The molecule has 226 valence electrons. The largest absolute Gasteiger partial charge is 0.463 e. The van der Waals surface area contributed by atoms with Crippen LogP contribution in [-0.2, 0) is 32.0 Å². The van der Waals surface area contributed by atoms with Crippen LogP contribution in [0.5, 0.6) is 0 Å². The second-order valence-corrected chi connectivity index (χ2v) is 11.4. The van der Waals surface area contributed by atoms with Gasteiger partial charge in [-0.1, -0.05) is 85.7 Å². The molecule has 0 aliphatic heterocycles. The van der Waals surface area contributed by atoms with Gasteiger partial charge in [-0.25, -0.2) is 0 Å². The Morgan fingerprint density at radius 3 is 2.10 bits per heavy atom. The number of esters is 1. The molecule has 1 aliphatic carbocycles. The summed E-state index contributed by atoms with van der Waals surface area (Å²) in [6.07, 6.45) is 9.47. The maximum absolute atomic E-state index is 13.5. The lowest BCUT2D eigenvalue weighted by Gasteiger charge is -2.29. The number of hydrogen-bond acceptors (Lipinski definition) is 5. The zero-order valence-electron chi connectivity index (χ0n) is 24.6. The molecule has 1 fully saturated rings. The fourth-order valence-electron chi connectivity index (χ4n) is 5.62. The van der Waals surface area contributed by atoms with E-state index in [1.54, 1.807) is 12.2 Å². The van der Waals surface area contributed by atoms with Crippen molar-refractivity contribution in [3.63, 3.8) is 0 Å². The van der Waals surface area contributed by atoms with Crippen molar-refractivity contribution in [1.29, 1.82) is 0 Å². The van der Waals surface area contributed by atoms with Crippen LogP contribution in [0.4, 0.5) is 0 Å². The standard InChI is InChI=1S/C35H46N2O5/c1-3-5-19-30(22-27-15-8-6-9-16-27)34(41)42-25-31(23-28-17-10-7-11-18-28)36-33(40)29(14-4-2)24-32(39)37-35(26-38)20-12-13-21-35/h3-4,6-11,15-18,29-31,38H,1-2,5,12-14,19-26H2,(H,36,40)(H,37,39)/t29-,30-,31-/m1/s1. The van der Waals surface area contributed by atoms with Crippen molar-refractivity contribution in [3.05, 3.63) is 97.1 Å². The molecule has 7 nitrogen and oxygen atoms in total. The van der Waals surface area contributed by atoms with Gasteiger partial charge < -0.3 is 20.5 Å². The van der Waals surface area contributed by atoms with E-state index in [0.717, 1.165) is 36.8 Å². The summed E-state index contributed by atoms with van der Waals surface area (Å²) in [7, 11) is 0. The minimum absolute atomic E-state index is 0.0134. The molecule has 3 rings (SSSR count). The quantitative estimate of drug-likeness (QED) is 0.170. The van der Waals surface area contributed by atoms with Crippen molar-refractivity contribution in [2.45, 2.75) is 75.8 Å². The monoisotopic (exact) mass is 574 g/mol. The molecule has 0 spiro atoms. The molecule has 3 atom stereocenters. The average Bonchev–Trinajstić information content (AvgIpc) is 3.47. The van der Waals surface area contributed by atoms with Crippen LogP contribution in [-0.4, -0.2) is 47.7 Å². The number of carbonyl (C=O) groups is 3. The van der Waals surface area contributed by atoms with E-state index in [9.17, 15) is 19.5 Å². The van der Waals surface area contributed by atoms with Gasteiger partial charge in [0.25, 0.3) is 0 Å². The minimum Gasteiger partial charge on any atom is -0.463 e. The van der Waals surface area contributed by atoms with Crippen LogP contribution in [0.3, 0.4) is 0 Å². The molecule has 0 heterocycles. The fraction of sp³-hybridized carbons (Fsp3) is 0.457. The average molecular weight is 575 g/mol. The van der Waals surface area contributed by atoms with Crippen LogP contribution in [0.25, 0.3) is 0 Å². The molecule has 1 saturated carbocycles. The predicted octanol–water partition coefficient (Wildman–Crippen LogP) is 5.09. The molecule has 0 aromatic heterocycles. The molecule has 2 aromatic carbocycles. The highest BCUT2D eigenvalue weighted by Gasteiger charge is 2.35. The Kier molecular flexibility index (Phi) is 13.5. The van der Waals surface area contributed by atoms with Crippen molar-refractivity contribution >= 4 is 17.8 Å². The van der Waals surface area contributed by atoms with Crippen LogP contribution in [0, 0.1) is 11.8 Å². The van der Waals surface area contributed by atoms with E-state index in [-0.39, 0.29) is 43.3 Å². The highest BCUT2D eigenvalue weighted by atomic mass is 16.5. The van der Waals surface area contributed by atoms with Crippen LogP contribution in [0.2, 0.25) is 0 Å².